The number of fused-ring (bicyclic) bond motifs is 14. The van der Waals surface area contributed by atoms with E-state index in [9.17, 15) is 0 Å². The Kier molecular flexibility index (Phi) is 10.4. The molecule has 3 heterocycles. The quantitative estimate of drug-likeness (QED) is 0.152. The molecule has 1 atom stereocenters. The Hall–Kier alpha value is -11.1. The lowest BCUT2D eigenvalue weighted by atomic mass is 9.70. The molecule has 6 heteroatoms. The predicted molar refractivity (Wildman–Crippen MR) is 338 cm³/mol. The second-order valence-electron chi connectivity index (χ2n) is 21.7. The SMILES string of the molecule is c1ccc(-c2nc(-c3ccc(-c4ccc5c(c4)c4ccccc4n5-c4ccccc4)cc3)nc(-c3cccc4c3-c3ccccc3C43c4ccccc4-c4ccc(-c5ccc(-n6c(-c7ccccc7)nc7ccccc76)cc5)cc43)n2)cc1. The first-order chi connectivity index (χ1) is 41.2. The summed E-state index contributed by atoms with van der Waals surface area (Å²) >= 11 is 0. The van der Waals surface area contributed by atoms with Crippen LogP contribution < -0.4 is 0 Å². The van der Waals surface area contributed by atoms with Crippen LogP contribution in [0.4, 0.5) is 0 Å². The average molecular weight is 1060 g/mol. The van der Waals surface area contributed by atoms with E-state index in [0.717, 1.165) is 78.3 Å². The van der Waals surface area contributed by atoms with E-state index in [0.29, 0.717) is 17.5 Å². The summed E-state index contributed by atoms with van der Waals surface area (Å²) in [5.74, 6) is 2.79. The van der Waals surface area contributed by atoms with Gasteiger partial charge in [-0.2, -0.15) is 0 Å². The molecule has 0 N–H and O–H groups in total. The zero-order valence-corrected chi connectivity index (χ0v) is 44.9. The molecule has 2 aliphatic carbocycles. The second kappa shape index (κ2) is 18.5. The van der Waals surface area contributed by atoms with Gasteiger partial charge in [0.25, 0.3) is 0 Å². The summed E-state index contributed by atoms with van der Waals surface area (Å²) in [6, 6.07) is 105. The molecule has 386 valence electrons. The van der Waals surface area contributed by atoms with Crippen molar-refractivity contribution in [3.63, 3.8) is 0 Å². The molecule has 12 aromatic carbocycles. The third kappa shape index (κ3) is 7.16. The van der Waals surface area contributed by atoms with E-state index in [1.807, 2.05) is 24.3 Å². The molecular formula is C77H48N6. The van der Waals surface area contributed by atoms with E-state index in [4.69, 9.17) is 19.9 Å². The highest BCUT2D eigenvalue weighted by Gasteiger charge is 2.52. The van der Waals surface area contributed by atoms with E-state index >= 15 is 0 Å². The van der Waals surface area contributed by atoms with E-state index in [2.05, 4.69) is 276 Å². The maximum atomic E-state index is 5.45. The Bertz CT molecular complexity index is 5060. The Balaban J connectivity index is 0.786. The molecule has 1 spiro atoms. The van der Waals surface area contributed by atoms with Crippen molar-refractivity contribution in [2.45, 2.75) is 5.41 Å². The molecule has 3 aromatic heterocycles. The van der Waals surface area contributed by atoms with Crippen molar-refractivity contribution >= 4 is 32.8 Å². The van der Waals surface area contributed by atoms with Gasteiger partial charge in [0.1, 0.15) is 5.82 Å². The summed E-state index contributed by atoms with van der Waals surface area (Å²) in [4.78, 5) is 21.2. The molecular weight excluding hydrogens is 1010 g/mol. The molecule has 0 saturated carbocycles. The molecule has 0 saturated heterocycles. The van der Waals surface area contributed by atoms with Crippen LogP contribution in [-0.2, 0) is 5.41 Å². The minimum atomic E-state index is -0.614. The minimum absolute atomic E-state index is 0.614. The largest absolute Gasteiger partial charge is 0.309 e. The fourth-order valence-electron chi connectivity index (χ4n) is 13.6. The van der Waals surface area contributed by atoms with Crippen molar-refractivity contribution in [1.29, 1.82) is 0 Å². The highest BCUT2D eigenvalue weighted by Crippen LogP contribution is 2.64. The summed E-state index contributed by atoms with van der Waals surface area (Å²) in [5, 5.41) is 2.44. The van der Waals surface area contributed by atoms with Crippen LogP contribution in [0.25, 0.3) is 134 Å². The van der Waals surface area contributed by atoms with Gasteiger partial charge in [-0.3, -0.25) is 4.57 Å². The topological polar surface area (TPSA) is 61.4 Å². The monoisotopic (exact) mass is 1060 g/mol. The van der Waals surface area contributed by atoms with Crippen LogP contribution in [0.15, 0.2) is 291 Å². The maximum absolute atomic E-state index is 5.45. The standard InChI is InChI=1S/C77H48N6/c1-4-19-51(20-5-1)73-79-74(52-37-35-49(36-38-52)54-42-46-70-63(47-54)60-26-12-16-33-69(60)82(70)56-23-8-3-9-24-56)81-75(80-73)62-28-18-31-66-72(62)61-27-11-14-30-65(61)77(66)64-29-13-10-25-58(64)59-45-41-55(48-67(59)77)50-39-43-57(44-40-50)83-71-34-17-15-32-68(71)78-76(83)53-21-6-2-7-22-53/h1-48H. The van der Waals surface area contributed by atoms with Gasteiger partial charge in [0.15, 0.2) is 17.5 Å². The highest BCUT2D eigenvalue weighted by atomic mass is 15.1. The van der Waals surface area contributed by atoms with Gasteiger partial charge in [0, 0.05) is 44.4 Å². The number of hydrogen-bond acceptors (Lipinski definition) is 4. The zero-order chi connectivity index (χ0) is 54.6. The van der Waals surface area contributed by atoms with Gasteiger partial charge in [0.2, 0.25) is 0 Å². The van der Waals surface area contributed by atoms with Gasteiger partial charge < -0.3 is 4.57 Å². The Morgan fingerprint density at radius 1 is 0.253 bits per heavy atom. The average Bonchev–Trinajstić information content (AvgIpc) is 1.70. The Morgan fingerprint density at radius 3 is 1.51 bits per heavy atom. The summed E-state index contributed by atoms with van der Waals surface area (Å²) < 4.78 is 4.63. The number of hydrogen-bond donors (Lipinski definition) is 0. The van der Waals surface area contributed by atoms with Crippen LogP contribution in [-0.4, -0.2) is 29.1 Å². The first-order valence-electron chi connectivity index (χ1n) is 28.3. The number of nitrogens with zero attached hydrogens (tertiary/aromatic N) is 6. The van der Waals surface area contributed by atoms with Crippen LogP contribution in [0.3, 0.4) is 0 Å². The summed E-state index contributed by atoms with van der Waals surface area (Å²) in [6.07, 6.45) is 0. The molecule has 0 aliphatic heterocycles. The van der Waals surface area contributed by atoms with Crippen molar-refractivity contribution in [3.05, 3.63) is 313 Å². The molecule has 17 rings (SSSR count). The van der Waals surface area contributed by atoms with E-state index in [1.165, 1.54) is 60.8 Å². The number of rotatable bonds is 8. The molecule has 0 bridgehead atoms. The Labute approximate surface area is 479 Å². The third-order valence-electron chi connectivity index (χ3n) is 17.2. The first-order valence-corrected chi connectivity index (χ1v) is 28.3. The molecule has 2 aliphatic rings. The van der Waals surface area contributed by atoms with Crippen molar-refractivity contribution in [2.75, 3.05) is 0 Å². The van der Waals surface area contributed by atoms with Gasteiger partial charge in [-0.05, 0) is 127 Å². The molecule has 6 nitrogen and oxygen atoms in total. The molecule has 83 heavy (non-hydrogen) atoms. The van der Waals surface area contributed by atoms with Crippen LogP contribution in [0, 0.1) is 0 Å². The van der Waals surface area contributed by atoms with Gasteiger partial charge in [0.05, 0.1) is 27.5 Å². The predicted octanol–water partition coefficient (Wildman–Crippen LogP) is 18.7. The number of aromatic nitrogens is 6. The van der Waals surface area contributed by atoms with Crippen molar-refractivity contribution in [1.82, 2.24) is 29.1 Å². The number of benzene rings is 12. The minimum Gasteiger partial charge on any atom is -0.309 e. The lowest BCUT2D eigenvalue weighted by Gasteiger charge is -2.31. The van der Waals surface area contributed by atoms with E-state index in [1.54, 1.807) is 0 Å². The van der Waals surface area contributed by atoms with Crippen molar-refractivity contribution in [3.8, 4) is 101 Å². The van der Waals surface area contributed by atoms with E-state index < -0.39 is 5.41 Å². The van der Waals surface area contributed by atoms with Gasteiger partial charge >= 0.3 is 0 Å². The number of imidazole rings is 1. The molecule has 0 amide bonds. The highest BCUT2D eigenvalue weighted by molar-refractivity contribution is 6.10. The van der Waals surface area contributed by atoms with Gasteiger partial charge in [-0.25, -0.2) is 19.9 Å². The van der Waals surface area contributed by atoms with Crippen LogP contribution in [0.1, 0.15) is 22.3 Å². The smallest absolute Gasteiger partial charge is 0.164 e. The number of para-hydroxylation sites is 4. The summed E-state index contributed by atoms with van der Waals surface area (Å²) in [5.41, 5.74) is 24.2. The normalized spacial score (nSPS) is 13.8. The molecule has 15 aromatic rings. The first kappa shape index (κ1) is 46.8. The Morgan fingerprint density at radius 2 is 0.747 bits per heavy atom. The van der Waals surface area contributed by atoms with Crippen LogP contribution in [0.2, 0.25) is 0 Å². The lowest BCUT2D eigenvalue weighted by Crippen LogP contribution is -2.25. The fourth-order valence-corrected chi connectivity index (χ4v) is 13.6. The molecule has 0 fully saturated rings. The molecule has 1 unspecified atom stereocenters. The van der Waals surface area contributed by atoms with Gasteiger partial charge in [-0.1, -0.05) is 231 Å². The van der Waals surface area contributed by atoms with Crippen molar-refractivity contribution in [2.24, 2.45) is 0 Å². The maximum Gasteiger partial charge on any atom is 0.164 e. The third-order valence-corrected chi connectivity index (χ3v) is 17.2. The van der Waals surface area contributed by atoms with Crippen LogP contribution >= 0.6 is 0 Å². The summed E-state index contributed by atoms with van der Waals surface area (Å²) in [7, 11) is 0. The molecule has 0 radical (unpaired) electrons. The van der Waals surface area contributed by atoms with E-state index in [-0.39, 0.29) is 0 Å². The lowest BCUT2D eigenvalue weighted by molar-refractivity contribution is 0.794. The van der Waals surface area contributed by atoms with Gasteiger partial charge in [-0.15, -0.1) is 0 Å². The van der Waals surface area contributed by atoms with Crippen LogP contribution in [0.5, 0.6) is 0 Å². The fraction of sp³-hybridized carbons (Fsp3) is 0.0130. The second-order valence-corrected chi connectivity index (χ2v) is 21.7. The van der Waals surface area contributed by atoms with Crippen molar-refractivity contribution < 1.29 is 0 Å². The summed E-state index contributed by atoms with van der Waals surface area (Å²) in [6.45, 7) is 0. The zero-order valence-electron chi connectivity index (χ0n) is 44.9.